The topological polar surface area (TPSA) is 12.9 Å². The molecule has 0 spiro atoms. The lowest BCUT2D eigenvalue weighted by Crippen LogP contribution is -1.90. The molecule has 0 aliphatic carbocycles. The molecule has 0 aliphatic heterocycles. The summed E-state index contributed by atoms with van der Waals surface area (Å²) in [7, 11) is 0. The fraction of sp³-hybridized carbons (Fsp3) is 0.421. The van der Waals surface area contributed by atoms with Crippen molar-refractivity contribution in [3.05, 3.63) is 54.0 Å². The molecule has 2 aromatic rings. The smallest absolute Gasteiger partial charge is 0.123 e. The lowest BCUT2D eigenvalue weighted by molar-refractivity contribution is 0.607. The van der Waals surface area contributed by atoms with Crippen molar-refractivity contribution in [1.82, 2.24) is 4.98 Å². The maximum Gasteiger partial charge on any atom is 0.123 e. The zero-order chi connectivity index (χ0) is 14.9. The predicted molar refractivity (Wildman–Crippen MR) is 86.7 cm³/mol. The zero-order valence-corrected chi connectivity index (χ0v) is 12.8. The Morgan fingerprint density at radius 3 is 2.24 bits per heavy atom. The maximum absolute atomic E-state index is 12.9. The van der Waals surface area contributed by atoms with Crippen LogP contribution in [-0.4, -0.2) is 4.98 Å². The SMILES string of the molecule is CCCCCCCCc1ccc(-c2ccc(F)cc2)nc1. The number of rotatable bonds is 8. The highest BCUT2D eigenvalue weighted by atomic mass is 19.1. The molecule has 21 heavy (non-hydrogen) atoms. The van der Waals surface area contributed by atoms with Gasteiger partial charge in [0.1, 0.15) is 5.82 Å². The van der Waals surface area contributed by atoms with Crippen LogP contribution in [0.25, 0.3) is 11.3 Å². The largest absolute Gasteiger partial charge is 0.256 e. The molecule has 0 saturated carbocycles. The minimum atomic E-state index is -0.210. The van der Waals surface area contributed by atoms with Crippen LogP contribution < -0.4 is 0 Å². The molecule has 1 aromatic carbocycles. The van der Waals surface area contributed by atoms with Crippen LogP contribution in [0.2, 0.25) is 0 Å². The highest BCUT2D eigenvalue weighted by molar-refractivity contribution is 5.58. The van der Waals surface area contributed by atoms with E-state index in [-0.39, 0.29) is 5.82 Å². The van der Waals surface area contributed by atoms with E-state index in [0.29, 0.717) is 0 Å². The van der Waals surface area contributed by atoms with E-state index < -0.39 is 0 Å². The summed E-state index contributed by atoms with van der Waals surface area (Å²) in [5, 5.41) is 0. The molecule has 0 atom stereocenters. The zero-order valence-electron chi connectivity index (χ0n) is 12.8. The Labute approximate surface area is 127 Å². The molecule has 0 bridgehead atoms. The lowest BCUT2D eigenvalue weighted by atomic mass is 10.1. The summed E-state index contributed by atoms with van der Waals surface area (Å²) >= 11 is 0. The van der Waals surface area contributed by atoms with Crippen LogP contribution in [0.15, 0.2) is 42.6 Å². The average Bonchev–Trinajstić information content (AvgIpc) is 2.52. The summed E-state index contributed by atoms with van der Waals surface area (Å²) in [6.45, 7) is 2.24. The quantitative estimate of drug-likeness (QED) is 0.559. The van der Waals surface area contributed by atoms with Gasteiger partial charge in [0, 0.05) is 11.8 Å². The lowest BCUT2D eigenvalue weighted by Gasteiger charge is -2.04. The number of halogens is 1. The normalized spacial score (nSPS) is 10.8. The number of nitrogens with zero attached hydrogens (tertiary/aromatic N) is 1. The Balaban J connectivity index is 1.80. The van der Waals surface area contributed by atoms with Crippen LogP contribution in [-0.2, 0) is 6.42 Å². The van der Waals surface area contributed by atoms with Crippen molar-refractivity contribution in [2.75, 3.05) is 0 Å². The number of unbranched alkanes of at least 4 members (excludes halogenated alkanes) is 5. The van der Waals surface area contributed by atoms with Gasteiger partial charge in [-0.05, 0) is 48.7 Å². The van der Waals surface area contributed by atoms with Crippen molar-refractivity contribution in [2.45, 2.75) is 51.9 Å². The van der Waals surface area contributed by atoms with Crippen LogP contribution in [0.3, 0.4) is 0 Å². The van der Waals surface area contributed by atoms with Gasteiger partial charge in [0.15, 0.2) is 0 Å². The summed E-state index contributed by atoms with van der Waals surface area (Å²) < 4.78 is 12.9. The standard InChI is InChI=1S/C19H24FN/c1-2-3-4-5-6-7-8-16-9-14-19(21-15-16)17-10-12-18(20)13-11-17/h9-15H,2-8H2,1H3. The molecule has 1 heterocycles. The number of pyridine rings is 1. The van der Waals surface area contributed by atoms with Gasteiger partial charge >= 0.3 is 0 Å². The highest BCUT2D eigenvalue weighted by Crippen LogP contribution is 2.18. The van der Waals surface area contributed by atoms with Crippen LogP contribution in [0.4, 0.5) is 4.39 Å². The average molecular weight is 285 g/mol. The van der Waals surface area contributed by atoms with E-state index in [9.17, 15) is 4.39 Å². The number of hydrogen-bond donors (Lipinski definition) is 0. The third-order valence-corrected chi connectivity index (χ3v) is 3.78. The molecule has 0 saturated heterocycles. The summed E-state index contributed by atoms with van der Waals surface area (Å²) in [5.41, 5.74) is 3.15. The van der Waals surface area contributed by atoms with E-state index in [1.165, 1.54) is 56.2 Å². The molecule has 1 nitrogen and oxygen atoms in total. The first-order valence-corrected chi connectivity index (χ1v) is 8.00. The third-order valence-electron chi connectivity index (χ3n) is 3.78. The van der Waals surface area contributed by atoms with Crippen LogP contribution in [0.1, 0.15) is 51.0 Å². The van der Waals surface area contributed by atoms with Crippen molar-refractivity contribution in [1.29, 1.82) is 0 Å². The van der Waals surface area contributed by atoms with Crippen molar-refractivity contribution >= 4 is 0 Å². The monoisotopic (exact) mass is 285 g/mol. The second-order valence-corrected chi connectivity index (χ2v) is 5.58. The van der Waals surface area contributed by atoms with Gasteiger partial charge in [0.2, 0.25) is 0 Å². The van der Waals surface area contributed by atoms with E-state index in [0.717, 1.165) is 17.7 Å². The van der Waals surface area contributed by atoms with Gasteiger partial charge < -0.3 is 0 Å². The number of aryl methyl sites for hydroxylation is 1. The maximum atomic E-state index is 12.9. The molecule has 0 N–H and O–H groups in total. The van der Waals surface area contributed by atoms with Crippen molar-refractivity contribution in [3.8, 4) is 11.3 Å². The Hall–Kier alpha value is -1.70. The molecule has 1 aromatic heterocycles. The highest BCUT2D eigenvalue weighted by Gasteiger charge is 2.00. The summed E-state index contributed by atoms with van der Waals surface area (Å²) in [4.78, 5) is 4.48. The number of aromatic nitrogens is 1. The molecule has 0 aliphatic rings. The first-order valence-electron chi connectivity index (χ1n) is 8.00. The Kier molecular flexibility index (Phi) is 6.39. The van der Waals surface area contributed by atoms with E-state index in [4.69, 9.17) is 0 Å². The minimum absolute atomic E-state index is 0.210. The molecule has 0 radical (unpaired) electrons. The van der Waals surface area contributed by atoms with Crippen molar-refractivity contribution in [2.24, 2.45) is 0 Å². The number of hydrogen-bond acceptors (Lipinski definition) is 1. The van der Waals surface area contributed by atoms with Crippen LogP contribution in [0, 0.1) is 5.82 Å². The fourth-order valence-electron chi connectivity index (χ4n) is 2.47. The first kappa shape index (κ1) is 15.7. The van der Waals surface area contributed by atoms with Gasteiger partial charge in [0.05, 0.1) is 5.69 Å². The molecule has 0 fully saturated rings. The molecular formula is C19H24FN. The first-order chi connectivity index (χ1) is 10.3. The molecule has 2 heteroatoms. The van der Waals surface area contributed by atoms with Gasteiger partial charge in [-0.2, -0.15) is 0 Å². The summed E-state index contributed by atoms with van der Waals surface area (Å²) in [6, 6.07) is 10.6. The van der Waals surface area contributed by atoms with Gasteiger partial charge in [-0.3, -0.25) is 4.98 Å². The van der Waals surface area contributed by atoms with Gasteiger partial charge in [-0.25, -0.2) is 4.39 Å². The van der Waals surface area contributed by atoms with Gasteiger partial charge in [-0.1, -0.05) is 45.1 Å². The molecular weight excluding hydrogens is 261 g/mol. The van der Waals surface area contributed by atoms with Gasteiger partial charge in [0.25, 0.3) is 0 Å². The second kappa shape index (κ2) is 8.56. The Morgan fingerprint density at radius 1 is 0.857 bits per heavy atom. The van der Waals surface area contributed by atoms with E-state index in [1.54, 1.807) is 12.1 Å². The van der Waals surface area contributed by atoms with E-state index in [2.05, 4.69) is 18.0 Å². The van der Waals surface area contributed by atoms with Gasteiger partial charge in [-0.15, -0.1) is 0 Å². The molecule has 0 amide bonds. The molecule has 0 unspecified atom stereocenters. The molecule has 112 valence electrons. The van der Waals surface area contributed by atoms with Crippen molar-refractivity contribution < 1.29 is 4.39 Å². The Bertz CT molecular complexity index is 516. The third kappa shape index (κ3) is 5.30. The van der Waals surface area contributed by atoms with Crippen molar-refractivity contribution in [3.63, 3.8) is 0 Å². The Morgan fingerprint density at radius 2 is 1.57 bits per heavy atom. The number of benzene rings is 1. The minimum Gasteiger partial charge on any atom is -0.256 e. The van der Waals surface area contributed by atoms with E-state index >= 15 is 0 Å². The van der Waals surface area contributed by atoms with Crippen LogP contribution >= 0.6 is 0 Å². The summed E-state index contributed by atoms with van der Waals surface area (Å²) in [6.07, 6.45) is 10.9. The summed E-state index contributed by atoms with van der Waals surface area (Å²) in [5.74, 6) is -0.210. The van der Waals surface area contributed by atoms with Crippen LogP contribution in [0.5, 0.6) is 0 Å². The fourth-order valence-corrected chi connectivity index (χ4v) is 2.47. The second-order valence-electron chi connectivity index (χ2n) is 5.58. The predicted octanol–water partition coefficient (Wildman–Crippen LogP) is 5.79. The van der Waals surface area contributed by atoms with E-state index in [1.807, 2.05) is 12.3 Å². The molecule has 2 rings (SSSR count).